The van der Waals surface area contributed by atoms with Gasteiger partial charge in [0.2, 0.25) is 11.9 Å². The van der Waals surface area contributed by atoms with Gasteiger partial charge >= 0.3 is 0 Å². The molecule has 1 heterocycles. The van der Waals surface area contributed by atoms with Crippen molar-refractivity contribution in [1.29, 1.82) is 0 Å². The van der Waals surface area contributed by atoms with Crippen molar-refractivity contribution in [3.63, 3.8) is 0 Å². The van der Waals surface area contributed by atoms with Crippen LogP contribution in [0.25, 0.3) is 10.8 Å². The van der Waals surface area contributed by atoms with Crippen molar-refractivity contribution in [3.05, 3.63) is 54.1 Å². The molecule has 0 saturated carbocycles. The van der Waals surface area contributed by atoms with Gasteiger partial charge in [-0.15, -0.1) is 0 Å². The molecule has 0 saturated heterocycles. The Hall–Kier alpha value is -3.94. The lowest BCUT2D eigenvalue weighted by Gasteiger charge is -2.25. The molecule has 30 heavy (non-hydrogen) atoms. The zero-order valence-electron chi connectivity index (χ0n) is 16.4. The van der Waals surface area contributed by atoms with Crippen LogP contribution in [0.2, 0.25) is 0 Å². The van der Waals surface area contributed by atoms with Gasteiger partial charge in [0, 0.05) is 5.56 Å². The Bertz CT molecular complexity index is 1100. The van der Waals surface area contributed by atoms with Crippen LogP contribution in [0, 0.1) is 0 Å². The average molecular weight is 408 g/mol. The fraction of sp³-hybridized carbons (Fsp3) is 0.182. The van der Waals surface area contributed by atoms with E-state index in [1.165, 1.54) is 20.4 Å². The highest BCUT2D eigenvalue weighted by Gasteiger charge is 2.27. The van der Waals surface area contributed by atoms with Crippen molar-refractivity contribution >= 4 is 22.9 Å². The first-order valence-corrected chi connectivity index (χ1v) is 9.19. The second kappa shape index (κ2) is 8.20. The summed E-state index contributed by atoms with van der Waals surface area (Å²) in [4.78, 5) is 12.4. The summed E-state index contributed by atoms with van der Waals surface area (Å²) in [6.45, 7) is 0.0769. The number of phenols is 1. The van der Waals surface area contributed by atoms with E-state index >= 15 is 0 Å². The molecule has 3 aromatic rings. The number of hydrazone groups is 1. The lowest BCUT2D eigenvalue weighted by molar-refractivity contribution is -0.130. The highest BCUT2D eigenvalue weighted by Crippen LogP contribution is 2.37. The Balaban J connectivity index is 1.44. The quantitative estimate of drug-likeness (QED) is 0.498. The Morgan fingerprint density at radius 3 is 2.37 bits per heavy atom. The maximum absolute atomic E-state index is 12.4. The topological polar surface area (TPSA) is 98.6 Å². The van der Waals surface area contributed by atoms with Gasteiger partial charge in [0.15, 0.2) is 23.0 Å². The molecule has 2 N–H and O–H groups in total. The van der Waals surface area contributed by atoms with Gasteiger partial charge in [-0.1, -0.05) is 24.3 Å². The third-order valence-electron chi connectivity index (χ3n) is 4.65. The van der Waals surface area contributed by atoms with Gasteiger partial charge in [-0.2, -0.15) is 5.10 Å². The van der Waals surface area contributed by atoms with Crippen LogP contribution in [0.15, 0.2) is 53.6 Å². The standard InChI is InChI=1S/C22H20N2O6/c1-27-18-7-13(8-19(28-2)21(18)25)11-23-24-22(26)20-12-29-16-9-14-5-3-4-6-15(14)10-17(16)30-20/h3-11,20,25H,12H2,1-2H3,(H,24,26)/b23-11+/t20-/m1/s1. The number of nitrogens with one attached hydrogen (secondary N) is 1. The van der Waals surface area contributed by atoms with Gasteiger partial charge < -0.3 is 24.1 Å². The van der Waals surface area contributed by atoms with Crippen LogP contribution in [0.3, 0.4) is 0 Å². The van der Waals surface area contributed by atoms with Gasteiger partial charge in [0.05, 0.1) is 20.4 Å². The van der Waals surface area contributed by atoms with Gasteiger partial charge in [0.1, 0.15) is 6.61 Å². The average Bonchev–Trinajstić information content (AvgIpc) is 2.78. The number of carbonyl (C=O) groups excluding carboxylic acids is 1. The number of carbonyl (C=O) groups is 1. The predicted octanol–water partition coefficient (Wildman–Crippen LogP) is 2.85. The van der Waals surface area contributed by atoms with E-state index in [0.717, 1.165) is 10.8 Å². The summed E-state index contributed by atoms with van der Waals surface area (Å²) in [5.74, 6) is 1.02. The summed E-state index contributed by atoms with van der Waals surface area (Å²) >= 11 is 0. The molecule has 0 aliphatic carbocycles. The van der Waals surface area contributed by atoms with E-state index in [4.69, 9.17) is 18.9 Å². The molecule has 0 spiro atoms. The first kappa shape index (κ1) is 19.4. The van der Waals surface area contributed by atoms with Crippen LogP contribution in [0.5, 0.6) is 28.7 Å². The second-order valence-electron chi connectivity index (χ2n) is 6.57. The fourth-order valence-electron chi connectivity index (χ4n) is 3.12. The van der Waals surface area contributed by atoms with E-state index < -0.39 is 12.0 Å². The van der Waals surface area contributed by atoms with E-state index in [0.29, 0.717) is 17.1 Å². The number of ether oxygens (including phenoxy) is 4. The zero-order valence-corrected chi connectivity index (χ0v) is 16.4. The first-order valence-electron chi connectivity index (χ1n) is 9.19. The van der Waals surface area contributed by atoms with Crippen LogP contribution in [-0.4, -0.2) is 44.2 Å². The van der Waals surface area contributed by atoms with Crippen molar-refractivity contribution in [1.82, 2.24) is 5.43 Å². The molecule has 0 unspecified atom stereocenters. The van der Waals surface area contributed by atoms with Gasteiger partial charge in [-0.3, -0.25) is 4.79 Å². The fourth-order valence-corrected chi connectivity index (χ4v) is 3.12. The summed E-state index contributed by atoms with van der Waals surface area (Å²) in [5, 5.41) is 15.9. The van der Waals surface area contributed by atoms with Crippen LogP contribution < -0.4 is 24.4 Å². The molecule has 1 atom stereocenters. The molecule has 3 aromatic carbocycles. The van der Waals surface area contributed by atoms with Crippen molar-refractivity contribution in [2.75, 3.05) is 20.8 Å². The smallest absolute Gasteiger partial charge is 0.284 e. The van der Waals surface area contributed by atoms with Gasteiger partial charge in [0.25, 0.3) is 5.91 Å². The van der Waals surface area contributed by atoms with E-state index in [9.17, 15) is 9.90 Å². The summed E-state index contributed by atoms with van der Waals surface area (Å²) in [5.41, 5.74) is 3.01. The maximum Gasteiger partial charge on any atom is 0.284 e. The minimum atomic E-state index is -0.834. The SMILES string of the molecule is COc1cc(/C=N/NC(=O)[C@H]2COc3cc4ccccc4cc3O2)cc(OC)c1O. The summed E-state index contributed by atoms with van der Waals surface area (Å²) in [6, 6.07) is 14.7. The molecule has 8 heteroatoms. The Kier molecular flexibility index (Phi) is 5.30. The van der Waals surface area contributed by atoms with Crippen LogP contribution in [0.1, 0.15) is 5.56 Å². The molecule has 0 fully saturated rings. The third kappa shape index (κ3) is 3.80. The molecule has 0 aromatic heterocycles. The number of phenolic OH excluding ortho intramolecular Hbond substituents is 1. The Morgan fingerprint density at radius 2 is 1.73 bits per heavy atom. The van der Waals surface area contributed by atoms with Crippen LogP contribution in [0.4, 0.5) is 0 Å². The molecular formula is C22H20N2O6. The van der Waals surface area contributed by atoms with Gasteiger partial charge in [-0.05, 0) is 35.0 Å². The van der Waals surface area contributed by atoms with Crippen molar-refractivity contribution in [3.8, 4) is 28.7 Å². The molecular weight excluding hydrogens is 388 g/mol. The number of benzene rings is 3. The zero-order chi connectivity index (χ0) is 21.1. The van der Waals surface area contributed by atoms with E-state index in [-0.39, 0.29) is 23.9 Å². The Labute approximate surface area is 172 Å². The first-order chi connectivity index (χ1) is 14.6. The number of fused-ring (bicyclic) bond motifs is 2. The van der Waals surface area contributed by atoms with Crippen LogP contribution in [-0.2, 0) is 4.79 Å². The molecule has 8 nitrogen and oxygen atoms in total. The Morgan fingerprint density at radius 1 is 1.10 bits per heavy atom. The molecule has 1 aliphatic heterocycles. The number of amides is 1. The highest BCUT2D eigenvalue weighted by atomic mass is 16.6. The normalized spacial score (nSPS) is 15.2. The predicted molar refractivity (Wildman–Crippen MR) is 111 cm³/mol. The van der Waals surface area contributed by atoms with Crippen LogP contribution >= 0.6 is 0 Å². The van der Waals surface area contributed by atoms with Crippen molar-refractivity contribution in [2.24, 2.45) is 5.10 Å². The summed E-state index contributed by atoms with van der Waals surface area (Å²) in [7, 11) is 2.86. The number of aromatic hydroxyl groups is 1. The number of methoxy groups -OCH3 is 2. The molecule has 1 aliphatic rings. The molecule has 154 valence electrons. The number of hydrogen-bond acceptors (Lipinski definition) is 7. The number of nitrogens with zero attached hydrogens (tertiary/aromatic N) is 1. The van der Waals surface area contributed by atoms with E-state index in [2.05, 4.69) is 10.5 Å². The summed E-state index contributed by atoms with van der Waals surface area (Å²) < 4.78 is 21.7. The lowest BCUT2D eigenvalue weighted by Crippen LogP contribution is -2.42. The summed E-state index contributed by atoms with van der Waals surface area (Å²) in [6.07, 6.45) is 0.577. The highest BCUT2D eigenvalue weighted by molar-refractivity contribution is 5.88. The number of rotatable bonds is 5. The van der Waals surface area contributed by atoms with Gasteiger partial charge in [-0.25, -0.2) is 5.43 Å². The largest absolute Gasteiger partial charge is 0.502 e. The minimum Gasteiger partial charge on any atom is -0.502 e. The lowest BCUT2D eigenvalue weighted by atomic mass is 10.1. The molecule has 1 amide bonds. The minimum absolute atomic E-state index is 0.0769. The second-order valence-corrected chi connectivity index (χ2v) is 6.57. The molecule has 0 radical (unpaired) electrons. The molecule has 0 bridgehead atoms. The monoisotopic (exact) mass is 408 g/mol. The van der Waals surface area contributed by atoms with E-state index in [1.54, 1.807) is 12.1 Å². The van der Waals surface area contributed by atoms with Crippen molar-refractivity contribution < 1.29 is 28.8 Å². The molecule has 4 rings (SSSR count). The van der Waals surface area contributed by atoms with E-state index in [1.807, 2.05) is 36.4 Å². The number of hydrogen-bond donors (Lipinski definition) is 2. The van der Waals surface area contributed by atoms with Crippen molar-refractivity contribution in [2.45, 2.75) is 6.10 Å². The third-order valence-corrected chi connectivity index (χ3v) is 4.65. The maximum atomic E-state index is 12.4.